The van der Waals surface area contributed by atoms with Crippen LogP contribution in [0.1, 0.15) is 21.5 Å². The van der Waals surface area contributed by atoms with Crippen LogP contribution in [-0.4, -0.2) is 29.4 Å². The third-order valence-corrected chi connectivity index (χ3v) is 4.91. The van der Waals surface area contributed by atoms with Gasteiger partial charge in [-0.25, -0.2) is 9.79 Å². The third-order valence-electron chi connectivity index (χ3n) is 4.11. The van der Waals surface area contributed by atoms with Crippen LogP contribution in [0.25, 0.3) is 6.08 Å². The van der Waals surface area contributed by atoms with Crippen molar-refractivity contribution in [3.63, 3.8) is 0 Å². The van der Waals surface area contributed by atoms with Crippen LogP contribution in [0.15, 0.2) is 59.2 Å². The second kappa shape index (κ2) is 9.55. The number of esters is 1. The van der Waals surface area contributed by atoms with Crippen LogP contribution in [-0.2, 0) is 9.53 Å². The Kier molecular flexibility index (Phi) is 6.63. The number of amidine groups is 1. The predicted octanol–water partition coefficient (Wildman–Crippen LogP) is 3.68. The number of anilines is 1. The predicted molar refractivity (Wildman–Crippen MR) is 114 cm³/mol. The molecule has 1 amide bonds. The monoisotopic (exact) mass is 416 g/mol. The van der Waals surface area contributed by atoms with Crippen LogP contribution in [0.3, 0.4) is 0 Å². The van der Waals surface area contributed by atoms with Gasteiger partial charge in [0.25, 0.3) is 5.91 Å². The van der Waals surface area contributed by atoms with Gasteiger partial charge in [0.2, 0.25) is 0 Å². The van der Waals surface area contributed by atoms with E-state index >= 15 is 0 Å². The Bertz CT molecular complexity index is 1110. The Morgan fingerprint density at radius 1 is 1.13 bits per heavy atom. The van der Waals surface area contributed by atoms with E-state index in [1.54, 1.807) is 36.4 Å². The topological polar surface area (TPSA) is 107 Å². The van der Waals surface area contributed by atoms with Crippen LogP contribution >= 0.6 is 11.8 Å². The maximum Gasteiger partial charge on any atom is 0.339 e. The molecule has 0 radical (unpaired) electrons. The Balaban J connectivity index is 1.87. The lowest BCUT2D eigenvalue weighted by Gasteiger charge is -2.17. The number of ether oxygens (including phenoxy) is 1. The Morgan fingerprint density at radius 2 is 1.83 bits per heavy atom. The number of rotatable bonds is 5. The van der Waals surface area contributed by atoms with E-state index in [1.807, 2.05) is 37.3 Å². The first kappa shape index (κ1) is 20.8. The summed E-state index contributed by atoms with van der Waals surface area (Å²) in [6.45, 7) is 1.64. The highest BCUT2D eigenvalue weighted by molar-refractivity contribution is 8.14. The van der Waals surface area contributed by atoms with E-state index in [0.717, 1.165) is 5.56 Å². The van der Waals surface area contributed by atoms with Crippen LogP contribution in [0.2, 0.25) is 0 Å². The Labute approximate surface area is 177 Å². The van der Waals surface area contributed by atoms with E-state index in [9.17, 15) is 9.59 Å². The normalized spacial score (nSPS) is 14.2. The molecule has 1 heterocycles. The number of aryl methyl sites for hydroxylation is 1. The standard InChI is InChI=1S/C22H16N4O3S/c1-15-2-8-18(9-3-15)26-20(27)19(25-22(26)30-13-11-24)14-16-4-6-17(7-5-16)21(28)29-12-10-23/h2-9,14H,12-13H2,1H3/b19-14+. The van der Waals surface area contributed by atoms with E-state index in [4.69, 9.17) is 15.3 Å². The fraction of sp³-hybridized carbons (Fsp3) is 0.136. The maximum absolute atomic E-state index is 13.0. The van der Waals surface area contributed by atoms with Gasteiger partial charge in [0.15, 0.2) is 11.8 Å². The van der Waals surface area contributed by atoms with Gasteiger partial charge < -0.3 is 4.74 Å². The van der Waals surface area contributed by atoms with E-state index in [2.05, 4.69) is 4.99 Å². The van der Waals surface area contributed by atoms with Gasteiger partial charge in [0.05, 0.1) is 23.1 Å². The van der Waals surface area contributed by atoms with E-state index in [1.165, 1.54) is 16.7 Å². The quantitative estimate of drug-likeness (QED) is 0.544. The van der Waals surface area contributed by atoms with Crippen molar-refractivity contribution in [2.45, 2.75) is 6.92 Å². The first-order valence-corrected chi connectivity index (χ1v) is 9.87. The number of carbonyl (C=O) groups is 2. The van der Waals surface area contributed by atoms with Crippen LogP contribution in [0.4, 0.5) is 5.69 Å². The number of nitriles is 2. The number of nitrogens with zero attached hydrogens (tertiary/aromatic N) is 4. The molecule has 0 saturated carbocycles. The number of carbonyl (C=O) groups excluding carboxylic acids is 2. The molecule has 0 aromatic heterocycles. The number of hydrogen-bond acceptors (Lipinski definition) is 7. The molecule has 0 fully saturated rings. The SMILES string of the molecule is Cc1ccc(N2C(=O)/C(=C\c3ccc(C(=O)OCC#N)cc3)N=C2SCC#N)cc1. The summed E-state index contributed by atoms with van der Waals surface area (Å²) in [4.78, 5) is 30.7. The minimum absolute atomic E-state index is 0.168. The van der Waals surface area contributed by atoms with Gasteiger partial charge in [-0.05, 0) is 42.8 Å². The van der Waals surface area contributed by atoms with Crippen molar-refractivity contribution >= 4 is 40.6 Å². The Hall–Kier alpha value is -3.88. The summed E-state index contributed by atoms with van der Waals surface area (Å²) in [5, 5.41) is 17.8. The van der Waals surface area contributed by atoms with Gasteiger partial charge in [0.1, 0.15) is 11.8 Å². The number of aliphatic imine (C=N–C) groups is 1. The summed E-state index contributed by atoms with van der Waals surface area (Å²) in [7, 11) is 0. The molecule has 0 spiro atoms. The molecule has 0 atom stereocenters. The number of thioether (sulfide) groups is 1. The molecule has 0 aliphatic carbocycles. The van der Waals surface area contributed by atoms with Crippen LogP contribution in [0.5, 0.6) is 0 Å². The van der Waals surface area contributed by atoms with Gasteiger partial charge in [-0.2, -0.15) is 10.5 Å². The molecule has 2 aromatic rings. The lowest BCUT2D eigenvalue weighted by atomic mass is 10.1. The number of amides is 1. The summed E-state index contributed by atoms with van der Waals surface area (Å²) in [6.07, 6.45) is 1.62. The first-order valence-electron chi connectivity index (χ1n) is 8.89. The summed E-state index contributed by atoms with van der Waals surface area (Å²) < 4.78 is 4.76. The van der Waals surface area contributed by atoms with E-state index in [0.29, 0.717) is 22.0 Å². The van der Waals surface area contributed by atoms with Gasteiger partial charge in [-0.3, -0.25) is 9.69 Å². The number of benzene rings is 2. The minimum Gasteiger partial charge on any atom is -0.447 e. The van der Waals surface area contributed by atoms with Crippen molar-refractivity contribution in [1.82, 2.24) is 0 Å². The average Bonchev–Trinajstić information content (AvgIpc) is 3.06. The molecule has 8 heteroatoms. The molecule has 0 bridgehead atoms. The van der Waals surface area contributed by atoms with Crippen LogP contribution in [0, 0.1) is 29.6 Å². The van der Waals surface area contributed by atoms with E-state index < -0.39 is 5.97 Å². The van der Waals surface area contributed by atoms with Gasteiger partial charge >= 0.3 is 5.97 Å². The highest BCUT2D eigenvalue weighted by Gasteiger charge is 2.31. The summed E-state index contributed by atoms with van der Waals surface area (Å²) in [6, 6.07) is 17.7. The molecule has 3 rings (SSSR count). The zero-order valence-electron chi connectivity index (χ0n) is 16.0. The van der Waals surface area contributed by atoms with Crippen molar-refractivity contribution in [1.29, 1.82) is 10.5 Å². The molecule has 30 heavy (non-hydrogen) atoms. The molecule has 7 nitrogen and oxygen atoms in total. The maximum atomic E-state index is 13.0. The van der Waals surface area contributed by atoms with E-state index in [-0.39, 0.29) is 24.0 Å². The van der Waals surface area contributed by atoms with Gasteiger partial charge in [-0.1, -0.05) is 41.6 Å². The molecular formula is C22H16N4O3S. The van der Waals surface area contributed by atoms with Crippen LogP contribution < -0.4 is 4.90 Å². The first-order chi connectivity index (χ1) is 14.5. The second-order valence-electron chi connectivity index (χ2n) is 6.20. The largest absolute Gasteiger partial charge is 0.447 e. The molecule has 0 N–H and O–H groups in total. The third kappa shape index (κ3) is 4.75. The fourth-order valence-corrected chi connectivity index (χ4v) is 3.34. The zero-order chi connectivity index (χ0) is 21.5. The summed E-state index contributed by atoms with van der Waals surface area (Å²) in [5.41, 5.74) is 2.96. The lowest BCUT2D eigenvalue weighted by molar-refractivity contribution is -0.113. The van der Waals surface area contributed by atoms with Crippen molar-refractivity contribution in [2.24, 2.45) is 4.99 Å². The fourth-order valence-electron chi connectivity index (χ4n) is 2.67. The second-order valence-corrected chi connectivity index (χ2v) is 7.15. The van der Waals surface area contributed by atoms with Gasteiger partial charge in [-0.15, -0.1) is 0 Å². The molecule has 2 aromatic carbocycles. The zero-order valence-corrected chi connectivity index (χ0v) is 16.8. The van der Waals surface area contributed by atoms with Crippen molar-refractivity contribution in [3.05, 3.63) is 70.9 Å². The summed E-state index contributed by atoms with van der Waals surface area (Å²) in [5.74, 6) is -0.718. The molecule has 1 aliphatic heterocycles. The highest BCUT2D eigenvalue weighted by Crippen LogP contribution is 2.29. The smallest absolute Gasteiger partial charge is 0.339 e. The summed E-state index contributed by atoms with van der Waals surface area (Å²) >= 11 is 1.19. The minimum atomic E-state index is -0.591. The highest BCUT2D eigenvalue weighted by atomic mass is 32.2. The van der Waals surface area contributed by atoms with Crippen molar-refractivity contribution in [3.8, 4) is 12.1 Å². The van der Waals surface area contributed by atoms with Crippen molar-refractivity contribution in [2.75, 3.05) is 17.3 Å². The molecular weight excluding hydrogens is 400 g/mol. The molecule has 148 valence electrons. The lowest BCUT2D eigenvalue weighted by Crippen LogP contribution is -2.30. The molecule has 0 saturated heterocycles. The molecule has 0 unspecified atom stereocenters. The molecule has 1 aliphatic rings. The average molecular weight is 416 g/mol. The number of hydrogen-bond donors (Lipinski definition) is 0. The Morgan fingerprint density at radius 3 is 2.47 bits per heavy atom. The van der Waals surface area contributed by atoms with Gasteiger partial charge in [0, 0.05) is 0 Å². The van der Waals surface area contributed by atoms with Crippen molar-refractivity contribution < 1.29 is 14.3 Å².